The molecular formula is C18H29NO. The summed E-state index contributed by atoms with van der Waals surface area (Å²) < 4.78 is 5.35. The van der Waals surface area contributed by atoms with Crippen molar-refractivity contribution < 1.29 is 4.74 Å². The Morgan fingerprint density at radius 1 is 1.15 bits per heavy atom. The molecule has 2 atom stereocenters. The summed E-state index contributed by atoms with van der Waals surface area (Å²) in [6, 6.07) is 8.60. The van der Waals surface area contributed by atoms with Gasteiger partial charge in [0.05, 0.1) is 7.11 Å². The third kappa shape index (κ3) is 4.52. The second-order valence-electron chi connectivity index (χ2n) is 6.02. The molecule has 1 aromatic rings. The zero-order chi connectivity index (χ0) is 14.2. The van der Waals surface area contributed by atoms with Crippen LogP contribution in [0.15, 0.2) is 24.3 Å². The van der Waals surface area contributed by atoms with Crippen molar-refractivity contribution in [3.05, 3.63) is 29.8 Å². The van der Waals surface area contributed by atoms with E-state index in [2.05, 4.69) is 30.4 Å². The minimum Gasteiger partial charge on any atom is -0.497 e. The van der Waals surface area contributed by atoms with Crippen LogP contribution < -0.4 is 10.1 Å². The highest BCUT2D eigenvalue weighted by Gasteiger charge is 2.23. The SMILES string of the molecule is CCNCC1CCCCCC1Cc1cccc(OC)c1. The summed E-state index contributed by atoms with van der Waals surface area (Å²) in [5.41, 5.74) is 1.43. The molecule has 0 aliphatic heterocycles. The van der Waals surface area contributed by atoms with Gasteiger partial charge in [0.2, 0.25) is 0 Å². The van der Waals surface area contributed by atoms with Crippen LogP contribution in [0, 0.1) is 11.8 Å². The standard InChI is InChI=1S/C18H29NO/c1-3-19-14-17-10-6-4-5-9-16(17)12-15-8-7-11-18(13-15)20-2/h7-8,11,13,16-17,19H,3-6,9-10,12,14H2,1-2H3. The molecule has 2 nitrogen and oxygen atoms in total. The lowest BCUT2D eigenvalue weighted by Crippen LogP contribution is -2.28. The minimum atomic E-state index is 0.823. The van der Waals surface area contributed by atoms with Crippen molar-refractivity contribution in [3.63, 3.8) is 0 Å². The molecule has 0 radical (unpaired) electrons. The van der Waals surface area contributed by atoms with Crippen LogP contribution in [-0.4, -0.2) is 20.2 Å². The van der Waals surface area contributed by atoms with E-state index in [9.17, 15) is 0 Å². The van der Waals surface area contributed by atoms with Crippen LogP contribution in [0.4, 0.5) is 0 Å². The van der Waals surface area contributed by atoms with Crippen LogP contribution in [-0.2, 0) is 6.42 Å². The van der Waals surface area contributed by atoms with E-state index in [1.165, 1.54) is 50.6 Å². The molecule has 112 valence electrons. The molecule has 0 bridgehead atoms. The molecule has 0 heterocycles. The van der Waals surface area contributed by atoms with Gasteiger partial charge in [0.1, 0.15) is 5.75 Å². The Bertz CT molecular complexity index is 391. The number of ether oxygens (including phenoxy) is 1. The first kappa shape index (κ1) is 15.4. The Balaban J connectivity index is 2.01. The van der Waals surface area contributed by atoms with Crippen molar-refractivity contribution in [2.75, 3.05) is 20.2 Å². The molecule has 1 fully saturated rings. The van der Waals surface area contributed by atoms with Gasteiger partial charge in [-0.1, -0.05) is 38.3 Å². The van der Waals surface area contributed by atoms with Crippen molar-refractivity contribution in [3.8, 4) is 5.75 Å². The predicted octanol–water partition coefficient (Wildman–Crippen LogP) is 4.04. The molecule has 20 heavy (non-hydrogen) atoms. The Morgan fingerprint density at radius 2 is 1.95 bits per heavy atom. The van der Waals surface area contributed by atoms with E-state index in [0.29, 0.717) is 0 Å². The summed E-state index contributed by atoms with van der Waals surface area (Å²) in [5, 5.41) is 3.56. The smallest absolute Gasteiger partial charge is 0.119 e. The number of nitrogens with one attached hydrogen (secondary N) is 1. The normalized spacial score (nSPS) is 23.3. The predicted molar refractivity (Wildman–Crippen MR) is 85.3 cm³/mol. The molecule has 2 unspecified atom stereocenters. The van der Waals surface area contributed by atoms with Crippen LogP contribution in [0.1, 0.15) is 44.6 Å². The monoisotopic (exact) mass is 275 g/mol. The second kappa shape index (κ2) is 8.31. The maximum Gasteiger partial charge on any atom is 0.119 e. The molecule has 2 rings (SSSR count). The Labute approximate surface area is 123 Å². The first-order chi connectivity index (χ1) is 9.83. The lowest BCUT2D eigenvalue weighted by Gasteiger charge is -2.25. The molecule has 2 heteroatoms. The fourth-order valence-electron chi connectivity index (χ4n) is 3.43. The van der Waals surface area contributed by atoms with Crippen molar-refractivity contribution in [1.29, 1.82) is 0 Å². The molecule has 0 spiro atoms. The summed E-state index contributed by atoms with van der Waals surface area (Å²) in [7, 11) is 1.75. The largest absolute Gasteiger partial charge is 0.497 e. The number of hydrogen-bond donors (Lipinski definition) is 1. The fraction of sp³-hybridized carbons (Fsp3) is 0.667. The van der Waals surface area contributed by atoms with Crippen LogP contribution in [0.2, 0.25) is 0 Å². The van der Waals surface area contributed by atoms with Gasteiger partial charge in [0, 0.05) is 0 Å². The van der Waals surface area contributed by atoms with Crippen molar-refractivity contribution >= 4 is 0 Å². The molecule has 1 saturated carbocycles. The van der Waals surface area contributed by atoms with Gasteiger partial charge in [0.25, 0.3) is 0 Å². The van der Waals surface area contributed by atoms with Gasteiger partial charge in [0.15, 0.2) is 0 Å². The quantitative estimate of drug-likeness (QED) is 0.791. The van der Waals surface area contributed by atoms with E-state index in [1.807, 2.05) is 6.07 Å². The molecule has 1 aromatic carbocycles. The summed E-state index contributed by atoms with van der Waals surface area (Å²) in [6.45, 7) is 4.47. The first-order valence-corrected chi connectivity index (χ1v) is 8.17. The minimum absolute atomic E-state index is 0.823. The van der Waals surface area contributed by atoms with Crippen molar-refractivity contribution in [2.45, 2.75) is 45.4 Å². The second-order valence-corrected chi connectivity index (χ2v) is 6.02. The third-order valence-electron chi connectivity index (χ3n) is 4.61. The third-order valence-corrected chi connectivity index (χ3v) is 4.61. The molecular weight excluding hydrogens is 246 g/mol. The lowest BCUT2D eigenvalue weighted by atomic mass is 9.83. The van der Waals surface area contributed by atoms with Gasteiger partial charge >= 0.3 is 0 Å². The van der Waals surface area contributed by atoms with Crippen LogP contribution in [0.5, 0.6) is 5.75 Å². The lowest BCUT2D eigenvalue weighted by molar-refractivity contribution is 0.299. The number of rotatable bonds is 6. The van der Waals surface area contributed by atoms with Gasteiger partial charge < -0.3 is 10.1 Å². The van der Waals surface area contributed by atoms with Crippen molar-refractivity contribution in [2.24, 2.45) is 11.8 Å². The van der Waals surface area contributed by atoms with E-state index < -0.39 is 0 Å². The molecule has 1 aliphatic carbocycles. The first-order valence-electron chi connectivity index (χ1n) is 8.17. The van der Waals surface area contributed by atoms with Crippen LogP contribution >= 0.6 is 0 Å². The highest BCUT2D eigenvalue weighted by atomic mass is 16.5. The fourth-order valence-corrected chi connectivity index (χ4v) is 3.43. The van der Waals surface area contributed by atoms with Gasteiger partial charge in [-0.2, -0.15) is 0 Å². The van der Waals surface area contributed by atoms with Crippen LogP contribution in [0.25, 0.3) is 0 Å². The van der Waals surface area contributed by atoms with E-state index in [-0.39, 0.29) is 0 Å². The number of methoxy groups -OCH3 is 1. The Kier molecular flexibility index (Phi) is 6.38. The van der Waals surface area contributed by atoms with Crippen molar-refractivity contribution in [1.82, 2.24) is 5.32 Å². The molecule has 0 aromatic heterocycles. The Morgan fingerprint density at radius 3 is 2.70 bits per heavy atom. The highest BCUT2D eigenvalue weighted by Crippen LogP contribution is 2.31. The number of hydrogen-bond acceptors (Lipinski definition) is 2. The van der Waals surface area contributed by atoms with Crippen LogP contribution in [0.3, 0.4) is 0 Å². The topological polar surface area (TPSA) is 21.3 Å². The molecule has 0 amide bonds. The maximum atomic E-state index is 5.35. The number of benzene rings is 1. The van der Waals surface area contributed by atoms with Gasteiger partial charge in [-0.25, -0.2) is 0 Å². The molecule has 1 aliphatic rings. The van der Waals surface area contributed by atoms with Gasteiger partial charge in [-0.05, 0) is 61.9 Å². The van der Waals surface area contributed by atoms with Gasteiger partial charge in [-0.15, -0.1) is 0 Å². The van der Waals surface area contributed by atoms with Gasteiger partial charge in [-0.3, -0.25) is 0 Å². The zero-order valence-corrected chi connectivity index (χ0v) is 13.0. The average molecular weight is 275 g/mol. The Hall–Kier alpha value is -1.02. The van der Waals surface area contributed by atoms with E-state index in [4.69, 9.17) is 4.74 Å². The zero-order valence-electron chi connectivity index (χ0n) is 13.0. The maximum absolute atomic E-state index is 5.35. The van der Waals surface area contributed by atoms with E-state index >= 15 is 0 Å². The average Bonchev–Trinajstić information content (AvgIpc) is 2.70. The van der Waals surface area contributed by atoms with E-state index in [0.717, 1.165) is 24.1 Å². The van der Waals surface area contributed by atoms with E-state index in [1.54, 1.807) is 7.11 Å². The highest BCUT2D eigenvalue weighted by molar-refractivity contribution is 5.28. The summed E-state index contributed by atoms with van der Waals surface area (Å²) in [5.74, 6) is 2.65. The molecule has 0 saturated heterocycles. The summed E-state index contributed by atoms with van der Waals surface area (Å²) >= 11 is 0. The summed E-state index contributed by atoms with van der Waals surface area (Å²) in [4.78, 5) is 0. The summed E-state index contributed by atoms with van der Waals surface area (Å²) in [6.07, 6.45) is 8.20. The molecule has 1 N–H and O–H groups in total.